The van der Waals surface area contributed by atoms with Gasteiger partial charge in [-0.25, -0.2) is 4.99 Å². The largest absolute Gasteiger partial charge is 0.350 e. The molecule has 20 heavy (non-hydrogen) atoms. The minimum Gasteiger partial charge on any atom is -0.350 e. The van der Waals surface area contributed by atoms with Gasteiger partial charge in [0.05, 0.1) is 5.70 Å². The summed E-state index contributed by atoms with van der Waals surface area (Å²) in [6.45, 7) is 17.0. The quantitative estimate of drug-likeness (QED) is 0.715. The first-order valence-corrected chi connectivity index (χ1v) is 6.88. The molecule has 0 aromatic rings. The van der Waals surface area contributed by atoms with Crippen LogP contribution in [0.2, 0.25) is 0 Å². The van der Waals surface area contributed by atoms with Gasteiger partial charge < -0.3 is 4.90 Å². The van der Waals surface area contributed by atoms with Gasteiger partial charge in [0.1, 0.15) is 5.84 Å². The number of hydrogen-bond donors (Lipinski definition) is 0. The predicted molar refractivity (Wildman–Crippen MR) is 89.5 cm³/mol. The lowest BCUT2D eigenvalue weighted by molar-refractivity contribution is 0.379. The lowest BCUT2D eigenvalue weighted by Gasteiger charge is -2.30. The molecular weight excluding hydrogens is 246 g/mol. The van der Waals surface area contributed by atoms with E-state index in [4.69, 9.17) is 0 Å². The molecule has 3 nitrogen and oxygen atoms in total. The van der Waals surface area contributed by atoms with Crippen LogP contribution in [0, 0.1) is 0 Å². The van der Waals surface area contributed by atoms with Gasteiger partial charge in [0, 0.05) is 25.3 Å². The summed E-state index contributed by atoms with van der Waals surface area (Å²) >= 11 is 0. The smallest absolute Gasteiger partial charge is 0.132 e. The molecule has 0 N–H and O–H groups in total. The number of aliphatic imine (C=N–C) groups is 2. The third-order valence-electron chi connectivity index (χ3n) is 3.24. The summed E-state index contributed by atoms with van der Waals surface area (Å²) in [6, 6.07) is 0.352. The molecule has 0 amide bonds. The summed E-state index contributed by atoms with van der Waals surface area (Å²) in [7, 11) is 1.80. The van der Waals surface area contributed by atoms with Crippen LogP contribution in [0.1, 0.15) is 27.7 Å². The van der Waals surface area contributed by atoms with Crippen molar-refractivity contribution in [3.05, 3.63) is 48.2 Å². The molecule has 0 bridgehead atoms. The molecule has 0 aromatic carbocycles. The van der Waals surface area contributed by atoms with E-state index in [0.717, 1.165) is 34.9 Å². The maximum Gasteiger partial charge on any atom is 0.132 e. The first-order chi connectivity index (χ1) is 9.38. The number of rotatable bonds is 4. The van der Waals surface area contributed by atoms with E-state index in [1.165, 1.54) is 0 Å². The van der Waals surface area contributed by atoms with Gasteiger partial charge in [0.25, 0.3) is 0 Å². The van der Waals surface area contributed by atoms with Gasteiger partial charge in [-0.2, -0.15) is 0 Å². The van der Waals surface area contributed by atoms with Crippen molar-refractivity contribution in [3.8, 4) is 0 Å². The van der Waals surface area contributed by atoms with Crippen LogP contribution in [0.4, 0.5) is 0 Å². The Morgan fingerprint density at radius 3 is 2.60 bits per heavy atom. The Hall–Kier alpha value is -1.90. The SMILES string of the molecule is C=CC1=CC(=C)N=C(/C(C)=C/C(C)=N\C)N(C(C)C)C1. The lowest BCUT2D eigenvalue weighted by Crippen LogP contribution is -2.38. The second kappa shape index (κ2) is 7.04. The Bertz CT molecular complexity index is 516. The van der Waals surface area contributed by atoms with Crippen LogP contribution in [0.15, 0.2) is 58.2 Å². The zero-order chi connectivity index (χ0) is 15.3. The molecule has 0 saturated carbocycles. The van der Waals surface area contributed by atoms with Crippen molar-refractivity contribution in [1.29, 1.82) is 0 Å². The van der Waals surface area contributed by atoms with Crippen molar-refractivity contribution < 1.29 is 0 Å². The highest BCUT2D eigenvalue weighted by Gasteiger charge is 2.20. The van der Waals surface area contributed by atoms with Crippen LogP contribution < -0.4 is 0 Å². The molecule has 0 unspecified atom stereocenters. The van der Waals surface area contributed by atoms with E-state index in [2.05, 4.69) is 54.9 Å². The van der Waals surface area contributed by atoms with E-state index in [1.54, 1.807) is 7.05 Å². The predicted octanol–water partition coefficient (Wildman–Crippen LogP) is 3.77. The van der Waals surface area contributed by atoms with Gasteiger partial charge in [-0.3, -0.25) is 4.99 Å². The molecule has 1 aliphatic rings. The van der Waals surface area contributed by atoms with Crippen LogP contribution in [-0.4, -0.2) is 36.1 Å². The topological polar surface area (TPSA) is 28.0 Å². The van der Waals surface area contributed by atoms with E-state index in [9.17, 15) is 0 Å². The van der Waals surface area contributed by atoms with Gasteiger partial charge in [-0.05, 0) is 51.0 Å². The summed E-state index contributed by atoms with van der Waals surface area (Å²) in [5.74, 6) is 0.959. The Kier molecular flexibility index (Phi) is 5.68. The van der Waals surface area contributed by atoms with Crippen LogP contribution in [0.25, 0.3) is 0 Å². The van der Waals surface area contributed by atoms with Gasteiger partial charge >= 0.3 is 0 Å². The first-order valence-electron chi connectivity index (χ1n) is 6.88. The summed E-state index contributed by atoms with van der Waals surface area (Å²) < 4.78 is 0. The van der Waals surface area contributed by atoms with E-state index in [1.807, 2.05) is 19.1 Å². The van der Waals surface area contributed by atoms with Crippen molar-refractivity contribution in [2.75, 3.05) is 13.6 Å². The lowest BCUT2D eigenvalue weighted by atomic mass is 10.1. The molecule has 1 aliphatic heterocycles. The van der Waals surface area contributed by atoms with Crippen molar-refractivity contribution in [1.82, 2.24) is 4.90 Å². The van der Waals surface area contributed by atoms with Crippen LogP contribution in [0.5, 0.6) is 0 Å². The molecule has 1 heterocycles. The Morgan fingerprint density at radius 1 is 1.45 bits per heavy atom. The van der Waals surface area contributed by atoms with Gasteiger partial charge in [0.2, 0.25) is 0 Å². The van der Waals surface area contributed by atoms with Gasteiger partial charge in [0.15, 0.2) is 0 Å². The first kappa shape index (κ1) is 16.2. The van der Waals surface area contributed by atoms with E-state index >= 15 is 0 Å². The van der Waals surface area contributed by atoms with Crippen LogP contribution in [-0.2, 0) is 0 Å². The minimum absolute atomic E-state index is 0.352. The van der Waals surface area contributed by atoms with Crippen LogP contribution in [0.3, 0.4) is 0 Å². The molecular formula is C17H25N3. The summed E-state index contributed by atoms with van der Waals surface area (Å²) in [5, 5.41) is 0. The zero-order valence-corrected chi connectivity index (χ0v) is 13.3. The minimum atomic E-state index is 0.352. The third-order valence-corrected chi connectivity index (χ3v) is 3.24. The summed E-state index contributed by atoms with van der Waals surface area (Å²) in [6.07, 6.45) is 5.92. The van der Waals surface area contributed by atoms with Crippen molar-refractivity contribution in [2.24, 2.45) is 9.98 Å². The third kappa shape index (κ3) is 4.05. The number of allylic oxidation sites excluding steroid dienone is 2. The van der Waals surface area contributed by atoms with Gasteiger partial charge in [-0.15, -0.1) is 0 Å². The number of hydrogen-bond acceptors (Lipinski definition) is 3. The fourth-order valence-corrected chi connectivity index (χ4v) is 2.07. The van der Waals surface area contributed by atoms with E-state index < -0.39 is 0 Å². The zero-order valence-electron chi connectivity index (χ0n) is 13.3. The molecule has 3 heteroatoms. The maximum absolute atomic E-state index is 4.66. The normalized spacial score (nSPS) is 17.9. The second-order valence-corrected chi connectivity index (χ2v) is 5.26. The molecule has 0 aliphatic carbocycles. The van der Waals surface area contributed by atoms with Crippen molar-refractivity contribution in [2.45, 2.75) is 33.7 Å². The molecule has 0 radical (unpaired) electrons. The molecule has 0 spiro atoms. The highest BCUT2D eigenvalue weighted by molar-refractivity contribution is 6.05. The molecule has 0 fully saturated rings. The number of amidine groups is 1. The maximum atomic E-state index is 4.66. The van der Waals surface area contributed by atoms with Crippen molar-refractivity contribution in [3.63, 3.8) is 0 Å². The van der Waals surface area contributed by atoms with E-state index in [0.29, 0.717) is 6.04 Å². The highest BCUT2D eigenvalue weighted by Crippen LogP contribution is 2.19. The number of nitrogens with zero attached hydrogens (tertiary/aromatic N) is 3. The standard InChI is InChI=1S/C17H25N3/c1-8-16-10-15(6)19-17(20(11-16)12(2)3)13(4)9-14(5)18-7/h8-10,12H,1,6,11H2,2-5,7H3/b13-9+,18-14-. The molecule has 0 atom stereocenters. The van der Waals surface area contributed by atoms with Crippen molar-refractivity contribution >= 4 is 11.5 Å². The average Bonchev–Trinajstić information content (AvgIpc) is 2.57. The fourth-order valence-electron chi connectivity index (χ4n) is 2.07. The second-order valence-electron chi connectivity index (χ2n) is 5.26. The van der Waals surface area contributed by atoms with Crippen LogP contribution >= 0.6 is 0 Å². The Balaban J connectivity index is 3.25. The fraction of sp³-hybridized carbons (Fsp3) is 0.412. The molecule has 0 saturated heterocycles. The molecule has 0 aromatic heterocycles. The monoisotopic (exact) mass is 271 g/mol. The Morgan fingerprint density at radius 2 is 2.10 bits per heavy atom. The highest BCUT2D eigenvalue weighted by atomic mass is 15.2. The molecule has 1 rings (SSSR count). The summed E-state index contributed by atoms with van der Waals surface area (Å²) in [4.78, 5) is 11.1. The van der Waals surface area contributed by atoms with Gasteiger partial charge in [-0.1, -0.05) is 19.2 Å². The van der Waals surface area contributed by atoms with E-state index in [-0.39, 0.29) is 0 Å². The molecule has 108 valence electrons. The average molecular weight is 271 g/mol. The Labute approximate surface area is 122 Å². The summed E-state index contributed by atoms with van der Waals surface area (Å²) in [5.41, 5.74) is 3.98.